The monoisotopic (exact) mass is 300 g/mol. The summed E-state index contributed by atoms with van der Waals surface area (Å²) in [5.41, 5.74) is 3.39. The fourth-order valence-electron chi connectivity index (χ4n) is 2.04. The molecule has 22 heavy (non-hydrogen) atoms. The smallest absolute Gasteiger partial charge is 0.269 e. The van der Waals surface area contributed by atoms with Gasteiger partial charge in [-0.3, -0.25) is 14.3 Å². The van der Waals surface area contributed by atoms with E-state index in [2.05, 4.69) is 15.7 Å². The van der Waals surface area contributed by atoms with Crippen molar-refractivity contribution in [1.82, 2.24) is 20.4 Å². The topological polar surface area (TPSA) is 76.0 Å². The minimum Gasteiger partial charge on any atom is -0.350 e. The Hall–Kier alpha value is -2.63. The molecule has 0 spiro atoms. The van der Waals surface area contributed by atoms with Crippen LogP contribution >= 0.6 is 0 Å². The average Bonchev–Trinajstić information content (AvgIpc) is 2.83. The number of aromatic nitrogens is 2. The summed E-state index contributed by atoms with van der Waals surface area (Å²) in [6.07, 6.45) is 0. The largest absolute Gasteiger partial charge is 0.350 e. The van der Waals surface area contributed by atoms with Crippen LogP contribution in [0.1, 0.15) is 27.3 Å². The zero-order valence-electron chi connectivity index (χ0n) is 13.0. The number of carbonyl (C=O) groups excluding carboxylic acids is 2. The third kappa shape index (κ3) is 4.18. The third-order valence-electron chi connectivity index (χ3n) is 3.25. The Balaban J connectivity index is 1.79. The lowest BCUT2D eigenvalue weighted by Gasteiger charge is -2.07. The van der Waals surface area contributed by atoms with Gasteiger partial charge in [-0.2, -0.15) is 5.10 Å². The van der Waals surface area contributed by atoms with Gasteiger partial charge >= 0.3 is 0 Å². The highest BCUT2D eigenvalue weighted by Crippen LogP contribution is 2.02. The van der Waals surface area contributed by atoms with Gasteiger partial charge in [-0.1, -0.05) is 29.8 Å². The van der Waals surface area contributed by atoms with Crippen molar-refractivity contribution in [2.75, 3.05) is 6.54 Å². The highest BCUT2D eigenvalue weighted by atomic mass is 16.2. The van der Waals surface area contributed by atoms with Gasteiger partial charge in [0, 0.05) is 13.6 Å². The number of aryl methyl sites for hydroxylation is 3. The molecule has 0 aliphatic rings. The molecule has 0 fully saturated rings. The Morgan fingerprint density at radius 2 is 1.82 bits per heavy atom. The van der Waals surface area contributed by atoms with Crippen LogP contribution in [0.15, 0.2) is 30.3 Å². The molecule has 0 unspecified atom stereocenters. The molecule has 0 radical (unpaired) electrons. The van der Waals surface area contributed by atoms with Crippen LogP contribution in [0.25, 0.3) is 0 Å². The summed E-state index contributed by atoms with van der Waals surface area (Å²) in [5.74, 6) is -0.540. The summed E-state index contributed by atoms with van der Waals surface area (Å²) < 4.78 is 1.49. The molecule has 2 N–H and O–H groups in total. The molecule has 0 saturated carbocycles. The SMILES string of the molecule is Cc1ccc(CNC(=O)CNC(=O)c2cc(C)nn2C)cc1. The fourth-order valence-corrected chi connectivity index (χ4v) is 2.04. The molecule has 6 nitrogen and oxygen atoms in total. The summed E-state index contributed by atoms with van der Waals surface area (Å²) >= 11 is 0. The number of nitrogens with one attached hydrogen (secondary N) is 2. The molecule has 1 heterocycles. The summed E-state index contributed by atoms with van der Waals surface area (Å²) in [5, 5.41) is 9.45. The normalized spacial score (nSPS) is 10.3. The summed E-state index contributed by atoms with van der Waals surface area (Å²) in [6.45, 7) is 4.21. The molecule has 6 heteroatoms. The Morgan fingerprint density at radius 1 is 1.14 bits per heavy atom. The molecule has 2 amide bonds. The molecular weight excluding hydrogens is 280 g/mol. The Labute approximate surface area is 129 Å². The van der Waals surface area contributed by atoms with Crippen molar-refractivity contribution in [1.29, 1.82) is 0 Å². The molecule has 116 valence electrons. The molecule has 2 rings (SSSR count). The number of amides is 2. The van der Waals surface area contributed by atoms with Crippen LogP contribution in [0.4, 0.5) is 0 Å². The number of benzene rings is 1. The predicted octanol–water partition coefficient (Wildman–Crippen LogP) is 1.08. The molecule has 0 saturated heterocycles. The van der Waals surface area contributed by atoms with E-state index in [0.717, 1.165) is 11.3 Å². The maximum Gasteiger partial charge on any atom is 0.269 e. The quantitative estimate of drug-likeness (QED) is 0.867. The summed E-state index contributed by atoms with van der Waals surface area (Å²) in [7, 11) is 1.69. The predicted molar refractivity (Wildman–Crippen MR) is 83.3 cm³/mol. The van der Waals surface area contributed by atoms with Gasteiger partial charge in [0.1, 0.15) is 5.69 Å². The molecule has 1 aromatic carbocycles. The van der Waals surface area contributed by atoms with Gasteiger partial charge in [0.25, 0.3) is 5.91 Å². The van der Waals surface area contributed by atoms with Gasteiger partial charge in [-0.05, 0) is 25.5 Å². The van der Waals surface area contributed by atoms with Gasteiger partial charge in [0.2, 0.25) is 5.91 Å². The van der Waals surface area contributed by atoms with E-state index in [1.165, 1.54) is 10.2 Å². The Kier molecular flexibility index (Phi) is 4.93. The van der Waals surface area contributed by atoms with E-state index in [4.69, 9.17) is 0 Å². The van der Waals surface area contributed by atoms with E-state index < -0.39 is 0 Å². The first kappa shape index (κ1) is 15.8. The minimum absolute atomic E-state index is 0.0606. The van der Waals surface area contributed by atoms with Crippen LogP contribution in [-0.2, 0) is 18.4 Å². The number of carbonyl (C=O) groups is 2. The van der Waals surface area contributed by atoms with Crippen LogP contribution in [0.3, 0.4) is 0 Å². The first-order chi connectivity index (χ1) is 10.5. The van der Waals surface area contributed by atoms with Gasteiger partial charge in [-0.15, -0.1) is 0 Å². The van der Waals surface area contributed by atoms with E-state index >= 15 is 0 Å². The second kappa shape index (κ2) is 6.89. The zero-order valence-corrected chi connectivity index (χ0v) is 13.0. The number of rotatable bonds is 5. The highest BCUT2D eigenvalue weighted by Gasteiger charge is 2.12. The highest BCUT2D eigenvalue weighted by molar-refractivity contribution is 5.95. The van der Waals surface area contributed by atoms with Gasteiger partial charge in [0.15, 0.2) is 0 Å². The average molecular weight is 300 g/mol. The molecule has 0 aliphatic carbocycles. The molecule has 0 aliphatic heterocycles. The van der Waals surface area contributed by atoms with Crippen molar-refractivity contribution >= 4 is 11.8 Å². The number of hydrogen-bond acceptors (Lipinski definition) is 3. The summed E-state index contributed by atoms with van der Waals surface area (Å²) in [4.78, 5) is 23.7. The van der Waals surface area contributed by atoms with Crippen molar-refractivity contribution in [2.45, 2.75) is 20.4 Å². The van der Waals surface area contributed by atoms with Crippen LogP contribution in [0, 0.1) is 13.8 Å². The second-order valence-corrected chi connectivity index (χ2v) is 5.24. The van der Waals surface area contributed by atoms with E-state index in [-0.39, 0.29) is 18.4 Å². The first-order valence-corrected chi connectivity index (χ1v) is 7.07. The van der Waals surface area contributed by atoms with E-state index in [9.17, 15) is 9.59 Å². The standard InChI is InChI=1S/C16H20N4O2/c1-11-4-6-13(7-5-11)9-17-15(21)10-18-16(22)14-8-12(2)19-20(14)3/h4-8H,9-10H2,1-3H3,(H,17,21)(H,18,22). The number of hydrogen-bond donors (Lipinski definition) is 2. The Morgan fingerprint density at radius 3 is 2.41 bits per heavy atom. The molecule has 0 atom stereocenters. The number of nitrogens with zero attached hydrogens (tertiary/aromatic N) is 2. The van der Waals surface area contributed by atoms with Gasteiger partial charge < -0.3 is 10.6 Å². The maximum absolute atomic E-state index is 11.9. The molecule has 2 aromatic rings. The second-order valence-electron chi connectivity index (χ2n) is 5.24. The van der Waals surface area contributed by atoms with E-state index in [1.807, 2.05) is 38.1 Å². The van der Waals surface area contributed by atoms with Crippen molar-refractivity contribution < 1.29 is 9.59 Å². The van der Waals surface area contributed by atoms with Crippen LogP contribution in [0.2, 0.25) is 0 Å². The van der Waals surface area contributed by atoms with Crippen LogP contribution < -0.4 is 10.6 Å². The zero-order chi connectivity index (χ0) is 16.1. The van der Waals surface area contributed by atoms with Gasteiger partial charge in [-0.25, -0.2) is 0 Å². The van der Waals surface area contributed by atoms with E-state index in [0.29, 0.717) is 12.2 Å². The van der Waals surface area contributed by atoms with Crippen LogP contribution in [0.5, 0.6) is 0 Å². The molecule has 1 aromatic heterocycles. The lowest BCUT2D eigenvalue weighted by Crippen LogP contribution is -2.37. The van der Waals surface area contributed by atoms with Crippen molar-refractivity contribution in [3.8, 4) is 0 Å². The van der Waals surface area contributed by atoms with E-state index in [1.54, 1.807) is 13.1 Å². The fraction of sp³-hybridized carbons (Fsp3) is 0.312. The summed E-state index contributed by atoms with van der Waals surface area (Å²) in [6, 6.07) is 9.60. The van der Waals surface area contributed by atoms with Crippen LogP contribution in [-0.4, -0.2) is 28.1 Å². The van der Waals surface area contributed by atoms with Crippen molar-refractivity contribution in [3.63, 3.8) is 0 Å². The van der Waals surface area contributed by atoms with Crippen molar-refractivity contribution in [2.24, 2.45) is 7.05 Å². The lowest BCUT2D eigenvalue weighted by atomic mass is 10.1. The van der Waals surface area contributed by atoms with Gasteiger partial charge in [0.05, 0.1) is 12.2 Å². The first-order valence-electron chi connectivity index (χ1n) is 7.07. The Bertz CT molecular complexity index is 674. The lowest BCUT2D eigenvalue weighted by molar-refractivity contribution is -0.120. The minimum atomic E-state index is -0.311. The third-order valence-corrected chi connectivity index (χ3v) is 3.25. The molecular formula is C16H20N4O2. The van der Waals surface area contributed by atoms with Crippen molar-refractivity contribution in [3.05, 3.63) is 52.8 Å². The maximum atomic E-state index is 11.9. The molecule has 0 bridgehead atoms.